The van der Waals surface area contributed by atoms with Crippen molar-refractivity contribution in [3.63, 3.8) is 0 Å². The van der Waals surface area contributed by atoms with Gasteiger partial charge in [-0.2, -0.15) is 17.7 Å². The number of nitrogens with one attached hydrogen (secondary N) is 1. The Bertz CT molecular complexity index is 412. The van der Waals surface area contributed by atoms with Crippen LogP contribution < -0.4 is 30.1 Å². The molecule has 0 amide bonds. The molecule has 0 fully saturated rings. The second kappa shape index (κ2) is 10.3. The molecule has 0 aromatic carbocycles. The van der Waals surface area contributed by atoms with E-state index in [9.17, 15) is 0 Å². The van der Waals surface area contributed by atoms with Crippen molar-refractivity contribution in [2.75, 3.05) is 6.61 Å². The van der Waals surface area contributed by atoms with Crippen molar-refractivity contribution in [3.05, 3.63) is 34.7 Å². The van der Waals surface area contributed by atoms with E-state index in [1.165, 1.54) is 10.8 Å². The molecule has 0 saturated heterocycles. The first-order valence-corrected chi connectivity index (χ1v) is 9.79. The molecule has 1 aliphatic rings. The Labute approximate surface area is 158 Å². The van der Waals surface area contributed by atoms with Crippen molar-refractivity contribution in [2.45, 2.75) is 52.4 Å². The smallest absolute Gasteiger partial charge is 1.00 e. The van der Waals surface area contributed by atoms with Gasteiger partial charge in [0.2, 0.25) is 0 Å². The van der Waals surface area contributed by atoms with E-state index in [1.54, 1.807) is 0 Å². The Morgan fingerprint density at radius 2 is 1.76 bits per heavy atom. The molecule has 0 atom stereocenters. The summed E-state index contributed by atoms with van der Waals surface area (Å²) in [5.74, 6) is 0. The maximum Gasteiger partial charge on any atom is 3.00 e. The molecule has 0 aliphatic heterocycles. The van der Waals surface area contributed by atoms with Crippen molar-refractivity contribution in [2.24, 2.45) is 0 Å². The summed E-state index contributed by atoms with van der Waals surface area (Å²) >= 11 is 0. The van der Waals surface area contributed by atoms with Crippen molar-refractivity contribution in [3.8, 4) is 0 Å². The first kappa shape index (κ1) is 26.4. The predicted molar refractivity (Wildman–Crippen MR) is 80.9 cm³/mol. The molecule has 0 bridgehead atoms. The monoisotopic (exact) mass is 382 g/mol. The molecule has 0 aromatic rings. The molecule has 0 spiro atoms. The molecular weight excluding hydrogens is 357 g/mol. The number of halogens is 2. The topological polar surface area (TPSA) is 32.3 Å². The van der Waals surface area contributed by atoms with Gasteiger partial charge < -0.3 is 35.2 Å². The molecule has 1 radical (unpaired) electrons. The molecule has 2 nitrogen and oxygen atoms in total. The third-order valence-electron chi connectivity index (χ3n) is 3.35. The van der Waals surface area contributed by atoms with Crippen LogP contribution in [0.3, 0.4) is 0 Å². The first-order chi connectivity index (χ1) is 8.15. The van der Waals surface area contributed by atoms with E-state index in [2.05, 4.69) is 64.3 Å². The van der Waals surface area contributed by atoms with Crippen LogP contribution in [0.5, 0.6) is 0 Å². The van der Waals surface area contributed by atoms with Crippen molar-refractivity contribution < 1.29 is 51.6 Å². The molecule has 0 unspecified atom stereocenters. The summed E-state index contributed by atoms with van der Waals surface area (Å²) in [6, 6.07) is 0.917. The van der Waals surface area contributed by atoms with Gasteiger partial charge in [0.15, 0.2) is 0 Å². The van der Waals surface area contributed by atoms with Crippen molar-refractivity contribution in [1.29, 1.82) is 0 Å². The SMILES string of the molecule is CC(=C1[C-]=C(NC(C)(C)C)C=C1)[Si](C)(C)CCO.[Cl-].[Cl-].[Ti+3]. The zero-order chi connectivity index (χ0) is 14.0. The fraction of sp³-hybridized carbons (Fsp3) is 0.600. The van der Waals surface area contributed by atoms with Crippen LogP contribution in [0, 0.1) is 6.08 Å². The molecule has 0 heterocycles. The van der Waals surface area contributed by atoms with E-state index in [0.29, 0.717) is 0 Å². The van der Waals surface area contributed by atoms with Gasteiger partial charge in [-0.3, -0.25) is 0 Å². The van der Waals surface area contributed by atoms with Crippen LogP contribution in [0.15, 0.2) is 28.6 Å². The minimum absolute atomic E-state index is 0. The summed E-state index contributed by atoms with van der Waals surface area (Å²) in [6.07, 6.45) is 7.66. The molecule has 1 aliphatic carbocycles. The average Bonchev–Trinajstić information content (AvgIpc) is 2.62. The number of hydrogen-bond acceptors (Lipinski definition) is 2. The van der Waals surface area contributed by atoms with E-state index in [0.717, 1.165) is 11.7 Å². The molecule has 0 aromatic heterocycles. The van der Waals surface area contributed by atoms with Gasteiger partial charge in [-0.1, -0.05) is 25.7 Å². The molecule has 1 rings (SSSR count). The maximum atomic E-state index is 9.15. The number of aliphatic hydroxyl groups is 1. The molecular formula is C15H26Cl2NOSiTi. The molecule has 21 heavy (non-hydrogen) atoms. The normalized spacial score (nSPS) is 16.2. The summed E-state index contributed by atoms with van der Waals surface area (Å²) in [6.45, 7) is 13.5. The van der Waals surface area contributed by atoms with E-state index >= 15 is 0 Å². The van der Waals surface area contributed by atoms with Crippen molar-refractivity contribution in [1.82, 2.24) is 5.32 Å². The van der Waals surface area contributed by atoms with Gasteiger partial charge in [0.05, 0.1) is 0 Å². The summed E-state index contributed by atoms with van der Waals surface area (Å²) in [5.41, 5.74) is 2.33. The quantitative estimate of drug-likeness (QED) is 0.406. The van der Waals surface area contributed by atoms with Gasteiger partial charge in [-0.25, -0.2) is 0 Å². The van der Waals surface area contributed by atoms with Crippen LogP contribution in [-0.2, 0) is 21.7 Å². The van der Waals surface area contributed by atoms with Gasteiger partial charge in [-0.05, 0) is 26.8 Å². The molecule has 0 saturated carbocycles. The Kier molecular flexibility index (Phi) is 12.9. The van der Waals surface area contributed by atoms with Crippen LogP contribution >= 0.6 is 0 Å². The van der Waals surface area contributed by atoms with Crippen LogP contribution in [-0.4, -0.2) is 25.3 Å². The Morgan fingerprint density at radius 1 is 1.24 bits per heavy atom. The predicted octanol–water partition coefficient (Wildman–Crippen LogP) is -2.81. The summed E-state index contributed by atoms with van der Waals surface area (Å²) in [4.78, 5) is 0. The number of rotatable bonds is 4. The Hall–Kier alpha value is 0.491. The third kappa shape index (κ3) is 8.63. The number of aliphatic hydroxyl groups excluding tert-OH is 1. The number of allylic oxidation sites excluding steroid dienone is 5. The van der Waals surface area contributed by atoms with Gasteiger partial charge in [0.1, 0.15) is 0 Å². The molecule has 6 heteroatoms. The summed E-state index contributed by atoms with van der Waals surface area (Å²) in [5, 5.41) is 14.0. The Morgan fingerprint density at radius 3 is 2.19 bits per heavy atom. The average molecular weight is 383 g/mol. The maximum absolute atomic E-state index is 9.15. The van der Waals surface area contributed by atoms with Crippen LogP contribution in [0.25, 0.3) is 0 Å². The summed E-state index contributed by atoms with van der Waals surface area (Å²) < 4.78 is 0. The Balaban J connectivity index is -0.00000108. The van der Waals surface area contributed by atoms with Crippen molar-refractivity contribution >= 4 is 8.07 Å². The van der Waals surface area contributed by atoms with E-state index in [4.69, 9.17) is 5.11 Å². The first-order valence-electron chi connectivity index (χ1n) is 6.58. The second-order valence-electron chi connectivity index (χ2n) is 6.64. The second-order valence-corrected chi connectivity index (χ2v) is 11.7. The van der Waals surface area contributed by atoms with Gasteiger partial charge in [-0.15, -0.1) is 11.3 Å². The van der Waals surface area contributed by atoms with Gasteiger partial charge >= 0.3 is 21.7 Å². The fourth-order valence-electron chi connectivity index (χ4n) is 1.92. The standard InChI is InChI=1S/C15H26NOSi.2ClH.Ti/c1-12(18(5,6)10-9-17)13-7-8-14(11-13)16-15(2,3)4;;;/h7-8,16-17H,9-10H2,1-6H3;2*1H;/q-1;;;+3/p-2. The minimum atomic E-state index is -1.49. The third-order valence-corrected chi connectivity index (χ3v) is 7.12. The van der Waals surface area contributed by atoms with Crippen LogP contribution in [0.4, 0.5) is 0 Å². The largest absolute Gasteiger partial charge is 3.00 e. The molecule has 2 N–H and O–H groups in total. The van der Waals surface area contributed by atoms with E-state index < -0.39 is 8.07 Å². The number of hydrogen-bond donors (Lipinski definition) is 2. The van der Waals surface area contributed by atoms with E-state index in [-0.39, 0.29) is 58.7 Å². The van der Waals surface area contributed by atoms with Crippen LogP contribution in [0.2, 0.25) is 19.1 Å². The van der Waals surface area contributed by atoms with Gasteiger partial charge in [0, 0.05) is 20.2 Å². The van der Waals surface area contributed by atoms with Gasteiger partial charge in [0.25, 0.3) is 0 Å². The summed E-state index contributed by atoms with van der Waals surface area (Å²) in [7, 11) is -1.49. The zero-order valence-electron chi connectivity index (χ0n) is 13.8. The van der Waals surface area contributed by atoms with Crippen LogP contribution in [0.1, 0.15) is 27.7 Å². The zero-order valence-corrected chi connectivity index (χ0v) is 17.8. The minimum Gasteiger partial charge on any atom is -1.00 e. The van der Waals surface area contributed by atoms with E-state index in [1.807, 2.05) is 0 Å². The molecule has 119 valence electrons. The fourth-order valence-corrected chi connectivity index (χ4v) is 3.73.